The van der Waals surface area contributed by atoms with E-state index >= 15 is 0 Å². The summed E-state index contributed by atoms with van der Waals surface area (Å²) in [6.07, 6.45) is 3.62. The molecule has 5 nitrogen and oxygen atoms in total. The third-order valence-electron chi connectivity index (χ3n) is 3.99. The van der Waals surface area contributed by atoms with Crippen LogP contribution < -0.4 is 10.1 Å². The second kappa shape index (κ2) is 7.46. The van der Waals surface area contributed by atoms with Crippen molar-refractivity contribution in [3.05, 3.63) is 52.5 Å². The minimum Gasteiger partial charge on any atom is -0.448 e. The van der Waals surface area contributed by atoms with Crippen molar-refractivity contribution >= 4 is 45.1 Å². The normalized spacial score (nSPS) is 15.3. The third-order valence-corrected chi connectivity index (χ3v) is 5.76. The molecule has 4 rings (SSSR count). The summed E-state index contributed by atoms with van der Waals surface area (Å²) in [5.41, 5.74) is 3.49. The van der Waals surface area contributed by atoms with Crippen molar-refractivity contribution < 1.29 is 4.74 Å². The Morgan fingerprint density at radius 3 is 2.58 bits per heavy atom. The Morgan fingerprint density at radius 1 is 1.04 bits per heavy atom. The summed E-state index contributed by atoms with van der Waals surface area (Å²) in [6.45, 7) is 0. The molecule has 0 saturated carbocycles. The molecular formula is C18H15BrN4OS2. The van der Waals surface area contributed by atoms with E-state index in [0.29, 0.717) is 16.7 Å². The maximum Gasteiger partial charge on any atom is 0.247 e. The first-order chi connectivity index (χ1) is 12.7. The molecule has 0 saturated heterocycles. The molecule has 2 aromatic carbocycles. The van der Waals surface area contributed by atoms with Gasteiger partial charge >= 0.3 is 0 Å². The van der Waals surface area contributed by atoms with E-state index in [1.54, 1.807) is 11.8 Å². The zero-order valence-electron chi connectivity index (χ0n) is 14.1. The van der Waals surface area contributed by atoms with Crippen molar-refractivity contribution in [2.75, 3.05) is 17.8 Å². The number of hydrogen-bond donors (Lipinski definition) is 1. The number of aromatic nitrogens is 3. The predicted octanol–water partition coefficient (Wildman–Crippen LogP) is 5.25. The lowest BCUT2D eigenvalue weighted by Gasteiger charge is -2.19. The molecule has 0 radical (unpaired) electrons. The largest absolute Gasteiger partial charge is 0.448 e. The van der Waals surface area contributed by atoms with Crippen molar-refractivity contribution in [2.45, 2.75) is 16.3 Å². The van der Waals surface area contributed by atoms with E-state index in [1.165, 1.54) is 16.7 Å². The van der Waals surface area contributed by atoms with E-state index in [4.69, 9.17) is 4.74 Å². The van der Waals surface area contributed by atoms with Gasteiger partial charge in [-0.25, -0.2) is 0 Å². The van der Waals surface area contributed by atoms with E-state index in [0.717, 1.165) is 21.3 Å². The van der Waals surface area contributed by atoms with Crippen LogP contribution in [0.25, 0.3) is 11.3 Å². The van der Waals surface area contributed by atoms with E-state index in [9.17, 15) is 0 Å². The summed E-state index contributed by atoms with van der Waals surface area (Å²) in [5, 5.41) is 12.6. The van der Waals surface area contributed by atoms with Gasteiger partial charge < -0.3 is 10.1 Å². The number of halogens is 1. The molecule has 1 aliphatic heterocycles. The van der Waals surface area contributed by atoms with Crippen LogP contribution in [0.2, 0.25) is 0 Å². The summed E-state index contributed by atoms with van der Waals surface area (Å²) in [6, 6.07) is 14.3. The van der Waals surface area contributed by atoms with Crippen LogP contribution in [0.1, 0.15) is 11.8 Å². The number of rotatable bonds is 3. The first-order valence-corrected chi connectivity index (χ1v) is 11.1. The van der Waals surface area contributed by atoms with Gasteiger partial charge in [-0.3, -0.25) is 0 Å². The Morgan fingerprint density at radius 2 is 1.85 bits per heavy atom. The number of benzene rings is 2. The van der Waals surface area contributed by atoms with Crippen LogP contribution in [0, 0.1) is 0 Å². The first kappa shape index (κ1) is 17.6. The molecule has 0 aliphatic carbocycles. The van der Waals surface area contributed by atoms with E-state index in [2.05, 4.69) is 66.9 Å². The number of thioether (sulfide) groups is 2. The number of ether oxygens (including phenoxy) is 1. The van der Waals surface area contributed by atoms with Crippen molar-refractivity contribution in [3.63, 3.8) is 0 Å². The second-order valence-corrected chi connectivity index (χ2v) is 8.13. The van der Waals surface area contributed by atoms with Crippen LogP contribution >= 0.6 is 39.5 Å². The zero-order chi connectivity index (χ0) is 18.1. The number of nitrogens with zero attached hydrogens (tertiary/aromatic N) is 3. The molecule has 1 aliphatic rings. The Hall–Kier alpha value is -1.77. The molecule has 26 heavy (non-hydrogen) atoms. The average Bonchev–Trinajstić information content (AvgIpc) is 2.84. The highest BCUT2D eigenvalue weighted by Crippen LogP contribution is 2.40. The highest BCUT2D eigenvalue weighted by molar-refractivity contribution is 9.10. The van der Waals surface area contributed by atoms with Gasteiger partial charge in [-0.1, -0.05) is 39.8 Å². The fourth-order valence-corrected chi connectivity index (χ4v) is 3.75. The van der Waals surface area contributed by atoms with Crippen LogP contribution in [-0.2, 0) is 0 Å². The summed E-state index contributed by atoms with van der Waals surface area (Å²) in [7, 11) is 0. The number of fused-ring (bicyclic) bond motifs is 3. The smallest absolute Gasteiger partial charge is 0.247 e. The third kappa shape index (κ3) is 3.41. The average molecular weight is 447 g/mol. The standard InChI is InChI=1S/C18H15BrN4OS2/c1-25-12-6-3-10(4-7-12)16-20-14-8-5-11(19)9-13(14)15-17(24-16)21-18(26-2)23-22-15/h3-9,16,20H,1-2H3. The molecule has 1 aromatic heterocycles. The highest BCUT2D eigenvalue weighted by atomic mass is 79.9. The van der Waals surface area contributed by atoms with Gasteiger partial charge in [-0.2, -0.15) is 4.98 Å². The second-order valence-electron chi connectivity index (χ2n) is 5.56. The number of hydrogen-bond acceptors (Lipinski definition) is 7. The molecule has 1 atom stereocenters. The summed E-state index contributed by atoms with van der Waals surface area (Å²) in [4.78, 5) is 5.75. The summed E-state index contributed by atoms with van der Waals surface area (Å²) < 4.78 is 7.18. The molecule has 0 spiro atoms. The van der Waals surface area contributed by atoms with Crippen LogP contribution in [0.15, 0.2) is 57.0 Å². The van der Waals surface area contributed by atoms with Crippen LogP contribution in [0.5, 0.6) is 5.88 Å². The molecule has 0 fully saturated rings. The van der Waals surface area contributed by atoms with Gasteiger partial charge in [0.15, 0.2) is 11.9 Å². The van der Waals surface area contributed by atoms with Crippen molar-refractivity contribution in [1.29, 1.82) is 0 Å². The lowest BCUT2D eigenvalue weighted by atomic mass is 10.1. The topological polar surface area (TPSA) is 59.9 Å². The lowest BCUT2D eigenvalue weighted by molar-refractivity contribution is 0.225. The maximum atomic E-state index is 6.22. The van der Waals surface area contributed by atoms with E-state index < -0.39 is 0 Å². The Bertz CT molecular complexity index is 952. The summed E-state index contributed by atoms with van der Waals surface area (Å²) >= 11 is 6.68. The van der Waals surface area contributed by atoms with Crippen molar-refractivity contribution in [1.82, 2.24) is 15.2 Å². The lowest BCUT2D eigenvalue weighted by Crippen LogP contribution is -2.17. The maximum absolute atomic E-state index is 6.22. The zero-order valence-corrected chi connectivity index (χ0v) is 17.3. The van der Waals surface area contributed by atoms with Gasteiger partial charge in [0, 0.05) is 26.2 Å². The van der Waals surface area contributed by atoms with Gasteiger partial charge in [0.25, 0.3) is 0 Å². The molecule has 2 heterocycles. The quantitative estimate of drug-likeness (QED) is 0.551. The molecule has 1 N–H and O–H groups in total. The van der Waals surface area contributed by atoms with Crippen molar-refractivity contribution in [2.24, 2.45) is 0 Å². The molecular weight excluding hydrogens is 432 g/mol. The van der Waals surface area contributed by atoms with Gasteiger partial charge in [-0.15, -0.1) is 22.0 Å². The SMILES string of the molecule is CSc1ccc(C2Nc3ccc(Br)cc3-c3nnc(SC)nc3O2)cc1. The fraction of sp³-hybridized carbons (Fsp3) is 0.167. The van der Waals surface area contributed by atoms with Gasteiger partial charge in [0.1, 0.15) is 0 Å². The van der Waals surface area contributed by atoms with Crippen LogP contribution in [0.4, 0.5) is 5.69 Å². The minimum atomic E-state index is -0.363. The highest BCUT2D eigenvalue weighted by Gasteiger charge is 2.26. The van der Waals surface area contributed by atoms with E-state index in [-0.39, 0.29) is 6.23 Å². The van der Waals surface area contributed by atoms with Gasteiger partial charge in [-0.05, 0) is 42.8 Å². The van der Waals surface area contributed by atoms with Crippen molar-refractivity contribution in [3.8, 4) is 17.1 Å². The Kier molecular flexibility index (Phi) is 5.06. The molecule has 3 aromatic rings. The Labute approximate surface area is 168 Å². The molecule has 0 bridgehead atoms. The molecule has 8 heteroatoms. The van der Waals surface area contributed by atoms with Gasteiger partial charge in [0.2, 0.25) is 11.0 Å². The van der Waals surface area contributed by atoms with Crippen LogP contribution in [0.3, 0.4) is 0 Å². The predicted molar refractivity (Wildman–Crippen MR) is 110 cm³/mol. The number of nitrogens with one attached hydrogen (secondary N) is 1. The molecule has 132 valence electrons. The monoisotopic (exact) mass is 446 g/mol. The minimum absolute atomic E-state index is 0.363. The van der Waals surface area contributed by atoms with Crippen LogP contribution in [-0.4, -0.2) is 27.7 Å². The number of anilines is 1. The Balaban J connectivity index is 1.83. The van der Waals surface area contributed by atoms with E-state index in [1.807, 2.05) is 24.5 Å². The fourth-order valence-electron chi connectivity index (χ4n) is 2.69. The molecule has 1 unspecified atom stereocenters. The summed E-state index contributed by atoms with van der Waals surface area (Å²) in [5.74, 6) is 0.479. The molecule has 0 amide bonds. The first-order valence-electron chi connectivity index (χ1n) is 7.83. The van der Waals surface area contributed by atoms with Gasteiger partial charge in [0.05, 0.1) is 0 Å².